The third-order valence-corrected chi connectivity index (χ3v) is 4.68. The van der Waals surface area contributed by atoms with Crippen LogP contribution in [0.15, 0.2) is 0 Å². The molecule has 0 radical (unpaired) electrons. The molecule has 0 aromatic rings. The third-order valence-electron chi connectivity index (χ3n) is 4.68. The first-order valence-electron chi connectivity index (χ1n) is 8.23. The Balaban J connectivity index is 2.17. The first kappa shape index (κ1) is 18.9. The molecule has 6 heteroatoms. The molecular weight excluding hydrogens is 284 g/mol. The van der Waals surface area contributed by atoms with Gasteiger partial charge >= 0.3 is 5.97 Å². The highest BCUT2D eigenvalue weighted by atomic mass is 16.4. The standard InChI is InChI=1S/C16H30N2O4/c1-10(9-18-11(2)19)6-4-3-5-7-12-14(17)8-13(15(12)20)16(21)22/h10,12-15,20H,3-9,17H2,1-2H3,(H,18,19)(H,21,22). The van der Waals surface area contributed by atoms with Crippen LogP contribution in [-0.2, 0) is 9.59 Å². The lowest BCUT2D eigenvalue weighted by atomic mass is 9.92. The highest BCUT2D eigenvalue weighted by Gasteiger charge is 2.43. The fraction of sp³-hybridized carbons (Fsp3) is 0.875. The van der Waals surface area contributed by atoms with E-state index in [0.717, 1.165) is 32.1 Å². The van der Waals surface area contributed by atoms with Gasteiger partial charge in [-0.3, -0.25) is 9.59 Å². The van der Waals surface area contributed by atoms with Crippen LogP contribution in [0.2, 0.25) is 0 Å². The van der Waals surface area contributed by atoms with E-state index in [1.165, 1.54) is 6.92 Å². The minimum atomic E-state index is -0.947. The monoisotopic (exact) mass is 314 g/mol. The van der Waals surface area contributed by atoms with E-state index < -0.39 is 18.0 Å². The second kappa shape index (κ2) is 9.10. The molecule has 1 aliphatic carbocycles. The van der Waals surface area contributed by atoms with Crippen LogP contribution in [0.4, 0.5) is 0 Å². The number of carboxylic acids is 1. The summed E-state index contributed by atoms with van der Waals surface area (Å²) >= 11 is 0. The molecule has 1 saturated carbocycles. The second-order valence-electron chi connectivity index (χ2n) is 6.68. The predicted octanol–water partition coefficient (Wildman–Crippen LogP) is 1.12. The van der Waals surface area contributed by atoms with E-state index in [9.17, 15) is 14.7 Å². The van der Waals surface area contributed by atoms with Gasteiger partial charge in [0, 0.05) is 25.4 Å². The number of aliphatic carboxylic acids is 1. The number of unbranched alkanes of at least 4 members (excludes halogenated alkanes) is 2. The number of nitrogens with two attached hydrogens (primary N) is 1. The van der Waals surface area contributed by atoms with Gasteiger partial charge in [0.05, 0.1) is 12.0 Å². The van der Waals surface area contributed by atoms with E-state index >= 15 is 0 Å². The molecule has 1 rings (SSSR count). The van der Waals surface area contributed by atoms with Crippen molar-refractivity contribution in [2.24, 2.45) is 23.5 Å². The van der Waals surface area contributed by atoms with Crippen LogP contribution in [0.1, 0.15) is 52.4 Å². The SMILES string of the molecule is CC(=O)NCC(C)CCCCCC1C(N)CC(C(=O)O)C1O. The highest BCUT2D eigenvalue weighted by molar-refractivity contribution is 5.72. The summed E-state index contributed by atoms with van der Waals surface area (Å²) in [5.41, 5.74) is 5.96. The molecule has 0 aliphatic heterocycles. The molecule has 5 atom stereocenters. The van der Waals surface area contributed by atoms with E-state index in [2.05, 4.69) is 12.2 Å². The van der Waals surface area contributed by atoms with E-state index in [1.807, 2.05) is 0 Å². The minimum absolute atomic E-state index is 0.00374. The van der Waals surface area contributed by atoms with E-state index in [0.29, 0.717) is 18.9 Å². The van der Waals surface area contributed by atoms with E-state index in [1.54, 1.807) is 0 Å². The van der Waals surface area contributed by atoms with Gasteiger partial charge in [-0.05, 0) is 25.2 Å². The van der Waals surface area contributed by atoms with Crippen LogP contribution in [0, 0.1) is 17.8 Å². The molecular formula is C16H30N2O4. The molecule has 1 amide bonds. The van der Waals surface area contributed by atoms with Crippen molar-refractivity contribution < 1.29 is 19.8 Å². The number of aliphatic hydroxyl groups excluding tert-OH is 1. The number of amides is 1. The zero-order valence-corrected chi connectivity index (χ0v) is 13.6. The van der Waals surface area contributed by atoms with Gasteiger partial charge < -0.3 is 21.3 Å². The highest BCUT2D eigenvalue weighted by Crippen LogP contribution is 2.34. The largest absolute Gasteiger partial charge is 0.481 e. The Morgan fingerprint density at radius 3 is 2.55 bits per heavy atom. The first-order valence-corrected chi connectivity index (χ1v) is 8.23. The summed E-state index contributed by atoms with van der Waals surface area (Å²) in [5, 5.41) is 21.9. The number of nitrogens with one attached hydrogen (secondary N) is 1. The summed E-state index contributed by atoms with van der Waals surface area (Å²) < 4.78 is 0. The Labute approximate surface area is 132 Å². The van der Waals surface area contributed by atoms with Crippen LogP contribution in [0.5, 0.6) is 0 Å². The third kappa shape index (κ3) is 5.93. The van der Waals surface area contributed by atoms with Crippen molar-refractivity contribution >= 4 is 11.9 Å². The average Bonchev–Trinajstić information content (AvgIpc) is 2.72. The van der Waals surface area contributed by atoms with Crippen LogP contribution in [0.3, 0.4) is 0 Å². The second-order valence-corrected chi connectivity index (χ2v) is 6.68. The molecule has 5 unspecified atom stereocenters. The van der Waals surface area contributed by atoms with Gasteiger partial charge in [-0.1, -0.05) is 26.2 Å². The van der Waals surface area contributed by atoms with Crippen molar-refractivity contribution in [1.82, 2.24) is 5.32 Å². The maximum absolute atomic E-state index is 11.0. The zero-order valence-electron chi connectivity index (χ0n) is 13.6. The number of hydrogen-bond acceptors (Lipinski definition) is 4. The fourth-order valence-electron chi connectivity index (χ4n) is 3.26. The van der Waals surface area contributed by atoms with Gasteiger partial charge in [0.15, 0.2) is 0 Å². The summed E-state index contributed by atoms with van der Waals surface area (Å²) in [7, 11) is 0. The number of aliphatic hydroxyl groups is 1. The van der Waals surface area contributed by atoms with Gasteiger partial charge in [-0.25, -0.2) is 0 Å². The number of hydrogen-bond donors (Lipinski definition) is 4. The average molecular weight is 314 g/mol. The molecule has 6 nitrogen and oxygen atoms in total. The lowest BCUT2D eigenvalue weighted by molar-refractivity contribution is -0.145. The molecule has 0 spiro atoms. The van der Waals surface area contributed by atoms with Gasteiger partial charge in [0.2, 0.25) is 5.91 Å². The van der Waals surface area contributed by atoms with Crippen molar-refractivity contribution in [1.29, 1.82) is 0 Å². The summed E-state index contributed by atoms with van der Waals surface area (Å²) in [4.78, 5) is 21.8. The lowest BCUT2D eigenvalue weighted by Gasteiger charge is -2.19. The van der Waals surface area contributed by atoms with Crippen LogP contribution >= 0.6 is 0 Å². The summed E-state index contributed by atoms with van der Waals surface area (Å²) in [5.74, 6) is -1.29. The molecule has 0 aromatic heterocycles. The summed E-state index contributed by atoms with van der Waals surface area (Å²) in [6.07, 6.45) is 4.46. The van der Waals surface area contributed by atoms with Gasteiger partial charge in [0.25, 0.3) is 0 Å². The van der Waals surface area contributed by atoms with Crippen molar-refractivity contribution in [3.63, 3.8) is 0 Å². The summed E-state index contributed by atoms with van der Waals surface area (Å²) in [6, 6.07) is -0.213. The minimum Gasteiger partial charge on any atom is -0.481 e. The van der Waals surface area contributed by atoms with E-state index in [4.69, 9.17) is 10.8 Å². The first-order chi connectivity index (χ1) is 10.3. The van der Waals surface area contributed by atoms with Crippen LogP contribution in [0.25, 0.3) is 0 Å². The smallest absolute Gasteiger partial charge is 0.309 e. The number of rotatable bonds is 9. The molecule has 0 bridgehead atoms. The van der Waals surface area contributed by atoms with Gasteiger partial charge in [-0.15, -0.1) is 0 Å². The van der Waals surface area contributed by atoms with Crippen molar-refractivity contribution in [3.05, 3.63) is 0 Å². The van der Waals surface area contributed by atoms with Crippen LogP contribution in [-0.4, -0.2) is 40.8 Å². The topological polar surface area (TPSA) is 113 Å². The Bertz CT molecular complexity index is 375. The summed E-state index contributed by atoms with van der Waals surface area (Å²) in [6.45, 7) is 4.35. The van der Waals surface area contributed by atoms with Crippen LogP contribution < -0.4 is 11.1 Å². The molecule has 5 N–H and O–H groups in total. The quantitative estimate of drug-likeness (QED) is 0.476. The Morgan fingerprint density at radius 2 is 2.00 bits per heavy atom. The normalized spacial score (nSPS) is 29.3. The molecule has 1 aliphatic rings. The van der Waals surface area contributed by atoms with E-state index in [-0.39, 0.29) is 17.9 Å². The molecule has 128 valence electrons. The Kier molecular flexibility index (Phi) is 7.82. The fourth-order valence-corrected chi connectivity index (χ4v) is 3.26. The Morgan fingerprint density at radius 1 is 1.32 bits per heavy atom. The predicted molar refractivity (Wildman–Crippen MR) is 84.1 cm³/mol. The molecule has 0 heterocycles. The van der Waals surface area contributed by atoms with Gasteiger partial charge in [-0.2, -0.15) is 0 Å². The molecule has 22 heavy (non-hydrogen) atoms. The lowest BCUT2D eigenvalue weighted by Crippen LogP contribution is -2.31. The zero-order chi connectivity index (χ0) is 16.7. The number of carbonyl (C=O) groups excluding carboxylic acids is 1. The molecule has 0 aromatic carbocycles. The van der Waals surface area contributed by atoms with Gasteiger partial charge in [0.1, 0.15) is 0 Å². The number of carboxylic acid groups (broad SMARTS) is 1. The maximum Gasteiger partial charge on any atom is 0.309 e. The molecule has 1 fully saturated rings. The Hall–Kier alpha value is -1.14. The van der Waals surface area contributed by atoms with Crippen molar-refractivity contribution in [2.45, 2.75) is 64.5 Å². The van der Waals surface area contributed by atoms with Crippen molar-refractivity contribution in [2.75, 3.05) is 6.54 Å². The number of carbonyl (C=O) groups is 2. The van der Waals surface area contributed by atoms with Crippen molar-refractivity contribution in [3.8, 4) is 0 Å². The maximum atomic E-state index is 11.0. The molecule has 0 saturated heterocycles.